The Balaban J connectivity index is 1.27. The topological polar surface area (TPSA) is 230 Å². The zero-order chi connectivity index (χ0) is 29.5. The number of aromatic amines is 1. The highest BCUT2D eigenvalue weighted by molar-refractivity contribution is 6.58. The normalized spacial score (nSPS) is 11.7. The first kappa shape index (κ1) is 29.0. The average molecular weight is 559 g/mol. The molecule has 41 heavy (non-hydrogen) atoms. The number of nitrogens with zero attached hydrogens (tertiary/aromatic N) is 2. The number of nitrogens with two attached hydrogens (primary N) is 2. The molecule has 2 aromatic carbocycles. The van der Waals surface area contributed by atoms with Crippen LogP contribution < -0.4 is 27.6 Å². The maximum Gasteiger partial charge on any atom is 0.488 e. The van der Waals surface area contributed by atoms with E-state index in [4.69, 9.17) is 11.5 Å². The van der Waals surface area contributed by atoms with Crippen LogP contribution in [0.4, 0.5) is 17.5 Å². The van der Waals surface area contributed by atoms with Crippen LogP contribution in [-0.4, -0.2) is 61.1 Å². The Morgan fingerprint density at radius 1 is 1.02 bits per heavy atom. The molecule has 4 aromatic rings. The summed E-state index contributed by atoms with van der Waals surface area (Å²) in [5.74, 6) is -1.88. The van der Waals surface area contributed by atoms with Crippen molar-refractivity contribution in [3.8, 4) is 0 Å². The Labute approximate surface area is 235 Å². The molecule has 0 spiro atoms. The minimum atomic E-state index is -1.69. The average Bonchev–Trinajstić information content (AvgIpc) is 3.34. The van der Waals surface area contributed by atoms with E-state index >= 15 is 0 Å². The SMILES string of the molecule is Nc1nc(N)c2c(CCCc3ccc(C(=O)N[C@@H](CCC(=O)Nc4cccc(B(O)O)c4)C(=O)O)cc3)c[nH]c2n1. The van der Waals surface area contributed by atoms with E-state index in [1.165, 1.54) is 12.1 Å². The summed E-state index contributed by atoms with van der Waals surface area (Å²) >= 11 is 0. The molecule has 2 amide bonds. The van der Waals surface area contributed by atoms with Gasteiger partial charge < -0.3 is 42.2 Å². The van der Waals surface area contributed by atoms with E-state index in [0.29, 0.717) is 22.7 Å². The van der Waals surface area contributed by atoms with Gasteiger partial charge in [-0.15, -0.1) is 0 Å². The van der Waals surface area contributed by atoms with Crippen molar-refractivity contribution in [3.05, 3.63) is 71.4 Å². The Morgan fingerprint density at radius 2 is 1.78 bits per heavy atom. The minimum Gasteiger partial charge on any atom is -0.480 e. The molecular formula is C27H30BN7O6. The van der Waals surface area contributed by atoms with E-state index in [1.807, 2.05) is 18.3 Å². The second-order valence-corrected chi connectivity index (χ2v) is 9.51. The number of nitrogen functional groups attached to an aromatic ring is 2. The van der Waals surface area contributed by atoms with Crippen molar-refractivity contribution in [2.24, 2.45) is 0 Å². The van der Waals surface area contributed by atoms with Crippen LogP contribution in [0.1, 0.15) is 40.7 Å². The van der Waals surface area contributed by atoms with Gasteiger partial charge in [0.05, 0.1) is 5.39 Å². The Bertz CT molecular complexity index is 1560. The molecule has 0 aliphatic heterocycles. The fourth-order valence-corrected chi connectivity index (χ4v) is 4.42. The van der Waals surface area contributed by atoms with E-state index < -0.39 is 30.9 Å². The molecule has 0 aliphatic rings. The molecule has 0 fully saturated rings. The third kappa shape index (κ3) is 7.59. The van der Waals surface area contributed by atoms with Gasteiger partial charge in [0.25, 0.3) is 5.91 Å². The molecule has 212 valence electrons. The van der Waals surface area contributed by atoms with Crippen molar-refractivity contribution in [2.45, 2.75) is 38.1 Å². The van der Waals surface area contributed by atoms with Gasteiger partial charge in [-0.3, -0.25) is 9.59 Å². The number of anilines is 3. The number of hydrogen-bond donors (Lipinski definition) is 8. The number of carbonyl (C=O) groups is 3. The van der Waals surface area contributed by atoms with E-state index in [1.54, 1.807) is 24.3 Å². The summed E-state index contributed by atoms with van der Waals surface area (Å²) in [5.41, 5.74) is 15.0. The third-order valence-electron chi connectivity index (χ3n) is 6.52. The molecule has 0 saturated carbocycles. The summed E-state index contributed by atoms with van der Waals surface area (Å²) in [4.78, 5) is 48.0. The largest absolute Gasteiger partial charge is 0.488 e. The second kappa shape index (κ2) is 12.9. The van der Waals surface area contributed by atoms with Gasteiger partial charge in [0.2, 0.25) is 11.9 Å². The summed E-state index contributed by atoms with van der Waals surface area (Å²) in [6, 6.07) is 11.6. The number of aryl methyl sites for hydroxylation is 2. The smallest absolute Gasteiger partial charge is 0.480 e. The maximum absolute atomic E-state index is 12.7. The molecule has 0 radical (unpaired) electrons. The van der Waals surface area contributed by atoms with E-state index in [-0.39, 0.29) is 24.3 Å². The summed E-state index contributed by atoms with van der Waals surface area (Å²) < 4.78 is 0. The third-order valence-corrected chi connectivity index (χ3v) is 6.52. The Hall–Kier alpha value is -4.95. The molecule has 10 N–H and O–H groups in total. The highest BCUT2D eigenvalue weighted by Gasteiger charge is 2.22. The number of H-pyrrole nitrogens is 1. The van der Waals surface area contributed by atoms with Crippen molar-refractivity contribution in [2.75, 3.05) is 16.8 Å². The van der Waals surface area contributed by atoms with Crippen LogP contribution in [0.2, 0.25) is 0 Å². The summed E-state index contributed by atoms with van der Waals surface area (Å²) in [7, 11) is -1.69. The quantitative estimate of drug-likeness (QED) is 0.113. The zero-order valence-corrected chi connectivity index (χ0v) is 22.0. The first-order chi connectivity index (χ1) is 19.6. The second-order valence-electron chi connectivity index (χ2n) is 9.51. The van der Waals surface area contributed by atoms with Crippen molar-refractivity contribution >= 4 is 58.9 Å². The van der Waals surface area contributed by atoms with Crippen LogP contribution in [-0.2, 0) is 22.4 Å². The van der Waals surface area contributed by atoms with Crippen LogP contribution in [0.3, 0.4) is 0 Å². The predicted molar refractivity (Wildman–Crippen MR) is 154 cm³/mol. The number of nitrogens with one attached hydrogen (secondary N) is 3. The van der Waals surface area contributed by atoms with Gasteiger partial charge in [-0.2, -0.15) is 9.97 Å². The van der Waals surface area contributed by atoms with Crippen molar-refractivity contribution in [1.82, 2.24) is 20.3 Å². The molecule has 13 nitrogen and oxygen atoms in total. The lowest BCUT2D eigenvalue weighted by atomic mass is 9.80. The lowest BCUT2D eigenvalue weighted by Crippen LogP contribution is -2.41. The van der Waals surface area contributed by atoms with Gasteiger partial charge in [0, 0.05) is 23.9 Å². The number of carboxylic acids is 1. The van der Waals surface area contributed by atoms with Gasteiger partial charge >= 0.3 is 13.1 Å². The lowest BCUT2D eigenvalue weighted by Gasteiger charge is -2.15. The number of aliphatic carboxylic acids is 1. The molecule has 0 bridgehead atoms. The van der Waals surface area contributed by atoms with E-state index in [0.717, 1.165) is 35.8 Å². The molecule has 14 heteroatoms. The van der Waals surface area contributed by atoms with E-state index in [9.17, 15) is 29.5 Å². The maximum atomic E-state index is 12.7. The molecular weight excluding hydrogens is 529 g/mol. The van der Waals surface area contributed by atoms with Gasteiger partial charge in [0.15, 0.2) is 0 Å². The number of carbonyl (C=O) groups excluding carboxylic acids is 2. The standard InChI is InChI=1S/C27H30BN7O6/c29-23-22-17(14-31-24(22)35-27(30)34-23)4-1-3-15-7-9-16(10-8-15)25(37)33-20(26(38)39)11-12-21(36)32-19-6-2-5-18(13-19)28(40)41/h2,5-10,13-14,20,40-41H,1,3-4,11-12H2,(H,32,36)(H,33,37)(H,38,39)(H5,29,30,31,34,35)/t20-/m0/s1. The Morgan fingerprint density at radius 3 is 2.49 bits per heavy atom. The number of fused-ring (bicyclic) bond motifs is 1. The van der Waals surface area contributed by atoms with Gasteiger partial charge in [0.1, 0.15) is 17.5 Å². The summed E-state index contributed by atoms with van der Waals surface area (Å²) in [5, 5.41) is 33.9. The molecule has 0 unspecified atom stereocenters. The van der Waals surface area contributed by atoms with Gasteiger partial charge in [-0.25, -0.2) is 4.79 Å². The number of aromatic nitrogens is 3. The molecule has 2 aromatic heterocycles. The van der Waals surface area contributed by atoms with Crippen LogP contribution >= 0.6 is 0 Å². The van der Waals surface area contributed by atoms with E-state index in [2.05, 4.69) is 25.6 Å². The summed E-state index contributed by atoms with van der Waals surface area (Å²) in [6.45, 7) is 0. The minimum absolute atomic E-state index is 0.107. The van der Waals surface area contributed by atoms with Crippen LogP contribution in [0.25, 0.3) is 11.0 Å². The molecule has 1 atom stereocenters. The fourth-order valence-electron chi connectivity index (χ4n) is 4.42. The number of benzene rings is 2. The lowest BCUT2D eigenvalue weighted by molar-refractivity contribution is -0.139. The van der Waals surface area contributed by atoms with Gasteiger partial charge in [-0.1, -0.05) is 24.3 Å². The fraction of sp³-hybridized carbons (Fsp3) is 0.222. The highest BCUT2D eigenvalue weighted by Crippen LogP contribution is 2.24. The predicted octanol–water partition coefficient (Wildman–Crippen LogP) is 0.579. The van der Waals surface area contributed by atoms with Crippen molar-refractivity contribution in [3.63, 3.8) is 0 Å². The molecule has 0 aliphatic carbocycles. The highest BCUT2D eigenvalue weighted by atomic mass is 16.4. The number of carboxylic acid groups (broad SMARTS) is 1. The monoisotopic (exact) mass is 559 g/mol. The molecule has 2 heterocycles. The summed E-state index contributed by atoms with van der Waals surface area (Å²) in [6.07, 6.45) is 3.79. The molecule has 0 saturated heterocycles. The van der Waals surface area contributed by atoms with Crippen molar-refractivity contribution < 1.29 is 29.5 Å². The number of rotatable bonds is 12. The van der Waals surface area contributed by atoms with Crippen LogP contribution in [0.15, 0.2) is 54.7 Å². The first-order valence-electron chi connectivity index (χ1n) is 12.9. The molecule has 4 rings (SSSR count). The van der Waals surface area contributed by atoms with Crippen LogP contribution in [0.5, 0.6) is 0 Å². The van der Waals surface area contributed by atoms with Crippen LogP contribution in [0, 0.1) is 0 Å². The number of hydrogen-bond acceptors (Lipinski definition) is 9. The Kier molecular flexibility index (Phi) is 9.17. The first-order valence-corrected chi connectivity index (χ1v) is 12.9. The van der Waals surface area contributed by atoms with Gasteiger partial charge in [-0.05, 0) is 66.5 Å². The number of amides is 2. The van der Waals surface area contributed by atoms with Crippen molar-refractivity contribution in [1.29, 1.82) is 0 Å². The zero-order valence-electron chi connectivity index (χ0n) is 22.0.